The lowest BCUT2D eigenvalue weighted by Crippen LogP contribution is -2.32. The van der Waals surface area contributed by atoms with Crippen molar-refractivity contribution < 1.29 is 5.11 Å². The van der Waals surface area contributed by atoms with E-state index in [1.807, 2.05) is 49.3 Å². The van der Waals surface area contributed by atoms with Crippen LogP contribution in [-0.4, -0.2) is 53.0 Å². The Morgan fingerprint density at radius 2 is 1.96 bits per heavy atom. The summed E-state index contributed by atoms with van der Waals surface area (Å²) in [4.78, 5) is 32.2. The predicted octanol–water partition coefficient (Wildman–Crippen LogP) is 0.465. The van der Waals surface area contributed by atoms with Crippen LogP contribution in [0.15, 0.2) is 44.9 Å². The fourth-order valence-electron chi connectivity index (χ4n) is 2.20. The van der Waals surface area contributed by atoms with Gasteiger partial charge < -0.3 is 10.0 Å². The third-order valence-corrected chi connectivity index (χ3v) is 3.57. The van der Waals surface area contributed by atoms with Crippen LogP contribution in [0.1, 0.15) is 11.1 Å². The molecule has 128 valence electrons. The highest BCUT2D eigenvalue weighted by Crippen LogP contribution is 2.09. The Morgan fingerprint density at radius 3 is 2.62 bits per heavy atom. The van der Waals surface area contributed by atoms with Crippen molar-refractivity contribution in [2.24, 2.45) is 4.99 Å². The maximum absolute atomic E-state index is 11.9. The number of aliphatic imine (C=N–C) groups is 1. The van der Waals surface area contributed by atoms with Gasteiger partial charge in [0.2, 0.25) is 5.88 Å². The van der Waals surface area contributed by atoms with Crippen molar-refractivity contribution in [1.82, 2.24) is 14.5 Å². The number of aromatic nitrogens is 2. The molecule has 7 heteroatoms. The van der Waals surface area contributed by atoms with E-state index in [2.05, 4.69) is 9.98 Å². The maximum atomic E-state index is 11.9. The topological polar surface area (TPSA) is 90.7 Å². The van der Waals surface area contributed by atoms with Gasteiger partial charge in [-0.25, -0.2) is 4.79 Å². The van der Waals surface area contributed by atoms with Gasteiger partial charge in [0.15, 0.2) is 0 Å². The van der Waals surface area contributed by atoms with E-state index in [9.17, 15) is 14.7 Å². The molecule has 2 N–H and O–H groups in total. The Kier molecular flexibility index (Phi) is 6.08. The zero-order valence-electron chi connectivity index (χ0n) is 13.9. The minimum absolute atomic E-state index is 0.00131. The van der Waals surface area contributed by atoms with Gasteiger partial charge in [-0.15, -0.1) is 0 Å². The zero-order valence-corrected chi connectivity index (χ0v) is 13.9. The Labute approximate surface area is 139 Å². The standard InChI is InChI=1S/C17H22N4O3/c1-20(2)11-9-18-12-14-15(22)19-17(24)21(16(14)23)10-8-13-6-4-3-5-7-13/h3-7,12,23H,8-11H2,1-2H3,(H,19,22,24). The summed E-state index contributed by atoms with van der Waals surface area (Å²) >= 11 is 0. The first kappa shape index (κ1) is 17.7. The molecule has 1 aromatic heterocycles. The molecule has 2 aromatic rings. The molecule has 1 heterocycles. The molecule has 0 fully saturated rings. The van der Waals surface area contributed by atoms with E-state index in [0.29, 0.717) is 13.0 Å². The third kappa shape index (κ3) is 4.66. The molecule has 0 unspecified atom stereocenters. The molecule has 0 aliphatic carbocycles. The first-order valence-electron chi connectivity index (χ1n) is 7.73. The first-order valence-corrected chi connectivity index (χ1v) is 7.73. The molecule has 0 spiro atoms. The molecule has 1 aromatic carbocycles. The molecule has 0 atom stereocenters. The highest BCUT2D eigenvalue weighted by molar-refractivity contribution is 5.81. The fraction of sp³-hybridized carbons (Fsp3) is 0.353. The van der Waals surface area contributed by atoms with Gasteiger partial charge in [-0.05, 0) is 26.1 Å². The minimum atomic E-state index is -0.637. The predicted molar refractivity (Wildman–Crippen MR) is 94.1 cm³/mol. The van der Waals surface area contributed by atoms with E-state index >= 15 is 0 Å². The summed E-state index contributed by atoms with van der Waals surface area (Å²) < 4.78 is 1.15. The molecule has 2 rings (SSSR count). The smallest absolute Gasteiger partial charge is 0.331 e. The van der Waals surface area contributed by atoms with Crippen molar-refractivity contribution in [3.8, 4) is 5.88 Å². The van der Waals surface area contributed by atoms with Crippen molar-refractivity contribution >= 4 is 6.21 Å². The van der Waals surface area contributed by atoms with Gasteiger partial charge in [-0.2, -0.15) is 0 Å². The van der Waals surface area contributed by atoms with Gasteiger partial charge in [0.25, 0.3) is 5.56 Å². The molecule has 0 saturated carbocycles. The lowest BCUT2D eigenvalue weighted by Gasteiger charge is -2.10. The Morgan fingerprint density at radius 1 is 1.25 bits per heavy atom. The average Bonchev–Trinajstić information content (AvgIpc) is 2.54. The van der Waals surface area contributed by atoms with E-state index in [0.717, 1.165) is 16.7 Å². The second-order valence-corrected chi connectivity index (χ2v) is 5.72. The number of hydrogen-bond acceptors (Lipinski definition) is 5. The molecule has 0 amide bonds. The number of hydrogen-bond donors (Lipinski definition) is 2. The number of benzene rings is 1. The Balaban J connectivity index is 2.21. The summed E-state index contributed by atoms with van der Waals surface area (Å²) in [6.07, 6.45) is 1.88. The fourth-order valence-corrected chi connectivity index (χ4v) is 2.20. The van der Waals surface area contributed by atoms with Crippen molar-refractivity contribution in [2.45, 2.75) is 13.0 Å². The molecule has 24 heavy (non-hydrogen) atoms. The molecule has 0 bridgehead atoms. The van der Waals surface area contributed by atoms with Crippen LogP contribution in [-0.2, 0) is 13.0 Å². The van der Waals surface area contributed by atoms with Crippen LogP contribution in [0.2, 0.25) is 0 Å². The lowest BCUT2D eigenvalue weighted by molar-refractivity contribution is 0.399. The van der Waals surface area contributed by atoms with Crippen molar-refractivity contribution in [2.75, 3.05) is 27.2 Å². The third-order valence-electron chi connectivity index (χ3n) is 3.57. The molecule has 0 radical (unpaired) electrons. The van der Waals surface area contributed by atoms with E-state index in [1.165, 1.54) is 6.21 Å². The molecule has 0 aliphatic rings. The zero-order chi connectivity index (χ0) is 17.5. The number of aryl methyl sites for hydroxylation is 1. The summed E-state index contributed by atoms with van der Waals surface area (Å²) in [6, 6.07) is 9.62. The average molecular weight is 330 g/mol. The van der Waals surface area contributed by atoms with Gasteiger partial charge in [0, 0.05) is 19.3 Å². The summed E-state index contributed by atoms with van der Waals surface area (Å²) in [5.74, 6) is -0.353. The summed E-state index contributed by atoms with van der Waals surface area (Å²) in [5, 5.41) is 10.3. The van der Waals surface area contributed by atoms with Crippen LogP contribution in [0.4, 0.5) is 0 Å². The van der Waals surface area contributed by atoms with Crippen molar-refractivity contribution in [1.29, 1.82) is 0 Å². The molecular weight excluding hydrogens is 308 g/mol. The summed E-state index contributed by atoms with van der Waals surface area (Å²) in [7, 11) is 3.84. The highest BCUT2D eigenvalue weighted by atomic mass is 16.3. The normalized spacial score (nSPS) is 11.5. The second-order valence-electron chi connectivity index (χ2n) is 5.72. The number of rotatable bonds is 7. The van der Waals surface area contributed by atoms with Gasteiger partial charge in [0.05, 0.1) is 6.54 Å². The number of nitrogens with zero attached hydrogens (tertiary/aromatic N) is 3. The van der Waals surface area contributed by atoms with Crippen LogP contribution < -0.4 is 11.2 Å². The maximum Gasteiger partial charge on any atom is 0.331 e. The van der Waals surface area contributed by atoms with Gasteiger partial charge in [-0.3, -0.25) is 19.3 Å². The SMILES string of the molecule is CN(C)CCN=Cc1c(O)n(CCc2ccccc2)c(=O)[nH]c1=O. The van der Waals surface area contributed by atoms with Crippen molar-refractivity contribution in [3.63, 3.8) is 0 Å². The van der Waals surface area contributed by atoms with E-state index in [1.54, 1.807) is 0 Å². The van der Waals surface area contributed by atoms with Crippen LogP contribution in [0.25, 0.3) is 0 Å². The van der Waals surface area contributed by atoms with Crippen LogP contribution in [0.3, 0.4) is 0 Å². The summed E-state index contributed by atoms with van der Waals surface area (Å²) in [6.45, 7) is 1.49. The minimum Gasteiger partial charge on any atom is -0.494 e. The first-order chi connectivity index (χ1) is 11.5. The van der Waals surface area contributed by atoms with E-state index in [4.69, 9.17) is 0 Å². The molecular formula is C17H22N4O3. The largest absolute Gasteiger partial charge is 0.494 e. The van der Waals surface area contributed by atoms with Gasteiger partial charge in [-0.1, -0.05) is 30.3 Å². The highest BCUT2D eigenvalue weighted by Gasteiger charge is 2.12. The molecule has 7 nitrogen and oxygen atoms in total. The van der Waals surface area contributed by atoms with E-state index in [-0.39, 0.29) is 18.0 Å². The van der Waals surface area contributed by atoms with Gasteiger partial charge >= 0.3 is 5.69 Å². The second kappa shape index (κ2) is 8.26. The number of H-pyrrole nitrogens is 1. The lowest BCUT2D eigenvalue weighted by atomic mass is 10.1. The number of aromatic amines is 1. The Bertz CT molecular complexity index is 807. The van der Waals surface area contributed by atoms with Crippen LogP contribution >= 0.6 is 0 Å². The molecule has 0 saturated heterocycles. The quantitative estimate of drug-likeness (QED) is 0.722. The van der Waals surface area contributed by atoms with Gasteiger partial charge in [0.1, 0.15) is 5.56 Å². The molecule has 0 aliphatic heterocycles. The number of likely N-dealkylation sites (N-methyl/N-ethyl adjacent to an activating group) is 1. The van der Waals surface area contributed by atoms with E-state index < -0.39 is 11.2 Å². The van der Waals surface area contributed by atoms with Crippen molar-refractivity contribution in [3.05, 3.63) is 62.3 Å². The number of nitrogens with one attached hydrogen (secondary N) is 1. The monoisotopic (exact) mass is 330 g/mol. The Hall–Kier alpha value is -2.67. The number of aromatic hydroxyl groups is 1. The van der Waals surface area contributed by atoms with Crippen LogP contribution in [0, 0.1) is 0 Å². The summed E-state index contributed by atoms with van der Waals surface area (Å²) in [5.41, 5.74) is -0.224. The van der Waals surface area contributed by atoms with Crippen LogP contribution in [0.5, 0.6) is 5.88 Å².